The van der Waals surface area contributed by atoms with Gasteiger partial charge >= 0.3 is 0 Å². The molecule has 3 rings (SSSR count). The van der Waals surface area contributed by atoms with E-state index < -0.39 is 7.92 Å². The fraction of sp³-hybridized carbons (Fsp3) is 0.227. The highest BCUT2D eigenvalue weighted by Gasteiger charge is 2.39. The van der Waals surface area contributed by atoms with Crippen molar-refractivity contribution >= 4 is 18.5 Å². The van der Waals surface area contributed by atoms with E-state index in [4.69, 9.17) is 0 Å². The summed E-state index contributed by atoms with van der Waals surface area (Å²) in [7, 11) is -0.474. The first-order valence-corrected chi connectivity index (χ1v) is 9.85. The van der Waals surface area contributed by atoms with Gasteiger partial charge in [0.15, 0.2) is 0 Å². The van der Waals surface area contributed by atoms with Crippen molar-refractivity contribution in [1.29, 1.82) is 0 Å². The Morgan fingerprint density at radius 1 is 0.739 bits per heavy atom. The molecule has 0 atom stereocenters. The van der Waals surface area contributed by atoms with Crippen molar-refractivity contribution in [2.24, 2.45) is 5.92 Å². The lowest BCUT2D eigenvalue weighted by Gasteiger charge is -2.33. The summed E-state index contributed by atoms with van der Waals surface area (Å²) in [5.41, 5.74) is 1.53. The van der Waals surface area contributed by atoms with E-state index in [2.05, 4.69) is 93.8 Å². The van der Waals surface area contributed by atoms with Crippen LogP contribution in [-0.4, -0.2) is 0 Å². The van der Waals surface area contributed by atoms with Gasteiger partial charge in [-0.1, -0.05) is 87.4 Å². The Balaban J connectivity index is 1.98. The summed E-state index contributed by atoms with van der Waals surface area (Å²) >= 11 is 0. The third kappa shape index (κ3) is 3.69. The van der Waals surface area contributed by atoms with Crippen LogP contribution in [0.1, 0.15) is 26.7 Å². The lowest BCUT2D eigenvalue weighted by molar-refractivity contribution is 0.532. The first-order chi connectivity index (χ1) is 11.3. The average molecular weight is 319 g/mol. The van der Waals surface area contributed by atoms with Crippen molar-refractivity contribution in [3.63, 3.8) is 0 Å². The van der Waals surface area contributed by atoms with E-state index in [0.29, 0.717) is 5.92 Å². The topological polar surface area (TPSA) is 0 Å². The van der Waals surface area contributed by atoms with E-state index in [1.54, 1.807) is 5.92 Å². The van der Waals surface area contributed by atoms with E-state index in [1.807, 2.05) is 0 Å². The minimum Gasteiger partial charge on any atom is -0.0651 e. The van der Waals surface area contributed by atoms with Crippen LogP contribution >= 0.6 is 7.92 Å². The molecule has 1 saturated carbocycles. The van der Waals surface area contributed by atoms with Crippen LogP contribution < -0.4 is 10.6 Å². The minimum absolute atomic E-state index is 0.474. The third-order valence-corrected chi connectivity index (χ3v) is 7.04. The van der Waals surface area contributed by atoms with Gasteiger partial charge in [0.2, 0.25) is 0 Å². The summed E-state index contributed by atoms with van der Waals surface area (Å²) in [4.78, 5) is 0. The zero-order valence-electron chi connectivity index (χ0n) is 13.9. The second kappa shape index (κ2) is 8.11. The molecule has 2 aromatic carbocycles. The SMILES string of the molecule is CCC(CC)[C]1[CH][CH][CH][C]1P(c1ccccc1)c1ccccc1. The maximum Gasteiger partial charge on any atom is 0.0198 e. The number of benzene rings is 2. The molecule has 0 spiro atoms. The Labute approximate surface area is 143 Å². The van der Waals surface area contributed by atoms with Crippen LogP contribution in [0.5, 0.6) is 0 Å². The summed E-state index contributed by atoms with van der Waals surface area (Å²) in [6.07, 6.45) is 9.35. The van der Waals surface area contributed by atoms with Crippen LogP contribution in [0.3, 0.4) is 0 Å². The lowest BCUT2D eigenvalue weighted by atomic mass is 9.86. The molecule has 0 N–H and O–H groups in total. The lowest BCUT2D eigenvalue weighted by Crippen LogP contribution is -2.22. The van der Waals surface area contributed by atoms with E-state index in [1.165, 1.54) is 29.1 Å². The van der Waals surface area contributed by atoms with Crippen LogP contribution in [0.15, 0.2) is 60.7 Å². The number of rotatable bonds is 6. The average Bonchev–Trinajstić information content (AvgIpc) is 3.07. The van der Waals surface area contributed by atoms with E-state index in [-0.39, 0.29) is 0 Å². The van der Waals surface area contributed by atoms with Gasteiger partial charge in [0.1, 0.15) is 0 Å². The van der Waals surface area contributed by atoms with Gasteiger partial charge in [-0.2, -0.15) is 0 Å². The summed E-state index contributed by atoms with van der Waals surface area (Å²) in [5.74, 6) is 2.21. The molecule has 0 aromatic heterocycles. The summed E-state index contributed by atoms with van der Waals surface area (Å²) in [6, 6.07) is 22.0. The molecule has 2 aromatic rings. The molecular formula is C22H24P. The zero-order valence-corrected chi connectivity index (χ0v) is 14.8. The van der Waals surface area contributed by atoms with Crippen molar-refractivity contribution in [2.45, 2.75) is 26.7 Å². The van der Waals surface area contributed by atoms with Crippen LogP contribution in [-0.2, 0) is 0 Å². The Bertz CT molecular complexity index is 534. The van der Waals surface area contributed by atoms with Crippen molar-refractivity contribution in [3.05, 3.63) is 91.5 Å². The smallest absolute Gasteiger partial charge is 0.0198 e. The second-order valence-corrected chi connectivity index (χ2v) is 8.07. The molecule has 0 amide bonds. The standard InChI is InChI=1S/C22H24P/c1-3-18(4-2)21-16-11-17-22(21)23(19-12-7-5-8-13-19)20-14-9-6-10-15-20/h5-18H,3-4H2,1-2H3. The molecule has 117 valence electrons. The van der Waals surface area contributed by atoms with Crippen molar-refractivity contribution in [2.75, 3.05) is 0 Å². The van der Waals surface area contributed by atoms with Crippen LogP contribution in [0.25, 0.3) is 0 Å². The highest BCUT2D eigenvalue weighted by atomic mass is 31.1. The molecular weight excluding hydrogens is 295 g/mol. The van der Waals surface area contributed by atoms with E-state index in [0.717, 1.165) is 0 Å². The van der Waals surface area contributed by atoms with Gasteiger partial charge in [0.05, 0.1) is 0 Å². The Hall–Kier alpha value is -1.13. The molecule has 0 heterocycles. The molecule has 23 heavy (non-hydrogen) atoms. The predicted molar refractivity (Wildman–Crippen MR) is 103 cm³/mol. The van der Waals surface area contributed by atoms with Gasteiger partial charge in [-0.05, 0) is 49.6 Å². The first kappa shape index (κ1) is 16.7. The normalized spacial score (nSPS) is 16.5. The molecule has 0 bridgehead atoms. The molecule has 1 aliphatic carbocycles. The zero-order chi connectivity index (χ0) is 16.1. The maximum absolute atomic E-state index is 2.35. The van der Waals surface area contributed by atoms with Crippen molar-refractivity contribution < 1.29 is 0 Å². The van der Waals surface area contributed by atoms with E-state index >= 15 is 0 Å². The van der Waals surface area contributed by atoms with Gasteiger partial charge in [-0.25, -0.2) is 0 Å². The second-order valence-electron chi connectivity index (χ2n) is 5.89. The monoisotopic (exact) mass is 319 g/mol. The molecule has 5 radical (unpaired) electrons. The quantitative estimate of drug-likeness (QED) is 0.635. The maximum atomic E-state index is 2.35. The molecule has 0 aliphatic heterocycles. The molecule has 0 nitrogen and oxygen atoms in total. The van der Waals surface area contributed by atoms with Gasteiger partial charge in [0.25, 0.3) is 0 Å². The van der Waals surface area contributed by atoms with Crippen molar-refractivity contribution in [1.82, 2.24) is 0 Å². The molecule has 1 aliphatic rings. The number of hydrogen-bond acceptors (Lipinski definition) is 0. The van der Waals surface area contributed by atoms with Gasteiger partial charge in [0, 0.05) is 5.66 Å². The number of hydrogen-bond donors (Lipinski definition) is 0. The molecule has 0 unspecified atom stereocenters. The minimum atomic E-state index is -0.474. The first-order valence-electron chi connectivity index (χ1n) is 8.51. The largest absolute Gasteiger partial charge is 0.0651 e. The fourth-order valence-electron chi connectivity index (χ4n) is 3.28. The van der Waals surface area contributed by atoms with Gasteiger partial charge in [-0.3, -0.25) is 0 Å². The summed E-state index contributed by atoms with van der Waals surface area (Å²) in [6.45, 7) is 4.61. The highest BCUT2D eigenvalue weighted by molar-refractivity contribution is 7.76. The fourth-order valence-corrected chi connectivity index (χ4v) is 5.83. The Kier molecular flexibility index (Phi) is 5.90. The summed E-state index contributed by atoms with van der Waals surface area (Å²) in [5, 5.41) is 2.87. The molecule has 1 heteroatoms. The molecule has 1 fully saturated rings. The summed E-state index contributed by atoms with van der Waals surface area (Å²) < 4.78 is 0. The van der Waals surface area contributed by atoms with E-state index in [9.17, 15) is 0 Å². The van der Waals surface area contributed by atoms with Crippen LogP contribution in [0.2, 0.25) is 0 Å². The van der Waals surface area contributed by atoms with Crippen LogP contribution in [0, 0.1) is 36.8 Å². The van der Waals surface area contributed by atoms with Crippen molar-refractivity contribution in [3.8, 4) is 0 Å². The highest BCUT2D eigenvalue weighted by Crippen LogP contribution is 2.58. The Morgan fingerprint density at radius 2 is 1.26 bits per heavy atom. The molecule has 0 saturated heterocycles. The Morgan fingerprint density at radius 3 is 1.74 bits per heavy atom. The van der Waals surface area contributed by atoms with Crippen LogP contribution in [0.4, 0.5) is 0 Å². The van der Waals surface area contributed by atoms with Gasteiger partial charge < -0.3 is 0 Å². The van der Waals surface area contributed by atoms with Gasteiger partial charge in [-0.15, -0.1) is 0 Å². The third-order valence-electron chi connectivity index (χ3n) is 4.52. The predicted octanol–water partition coefficient (Wildman–Crippen LogP) is 5.29.